The summed E-state index contributed by atoms with van der Waals surface area (Å²) in [4.78, 5) is 12.2. The maximum atomic E-state index is 5.73. The molecule has 0 saturated heterocycles. The van der Waals surface area contributed by atoms with Crippen molar-refractivity contribution in [2.45, 2.75) is 26.7 Å². The molecule has 5 heteroatoms. The summed E-state index contributed by atoms with van der Waals surface area (Å²) in [5, 5.41) is 3.24. The minimum atomic E-state index is 0.245. The second-order valence-corrected chi connectivity index (χ2v) is 3.31. The molecule has 0 amide bonds. The van der Waals surface area contributed by atoms with Gasteiger partial charge in [-0.3, -0.25) is 0 Å². The van der Waals surface area contributed by atoms with Gasteiger partial charge in [0.2, 0.25) is 11.2 Å². The molecule has 1 aromatic rings. The molecule has 0 atom stereocenters. The van der Waals surface area contributed by atoms with Crippen LogP contribution in [-0.4, -0.2) is 21.5 Å². The Kier molecular flexibility index (Phi) is 3.42. The molecule has 0 saturated carbocycles. The normalized spacial score (nSPS) is 10.5. The molecule has 72 valence electrons. The van der Waals surface area contributed by atoms with E-state index in [9.17, 15) is 0 Å². The Bertz CT molecular complexity index is 287. The van der Waals surface area contributed by atoms with E-state index in [4.69, 9.17) is 11.6 Å². The number of nitrogens with zero attached hydrogens (tertiary/aromatic N) is 3. The average molecular weight is 201 g/mol. The summed E-state index contributed by atoms with van der Waals surface area (Å²) >= 11 is 5.73. The molecular weight excluding hydrogens is 188 g/mol. The number of hydrogen-bond donors (Lipinski definition) is 1. The largest absolute Gasteiger partial charge is 0.354 e. The fraction of sp³-hybridized carbons (Fsp3) is 0.625. The van der Waals surface area contributed by atoms with Gasteiger partial charge in [-0.15, -0.1) is 0 Å². The lowest BCUT2D eigenvalue weighted by atomic mass is 10.2. The molecule has 4 nitrogen and oxygen atoms in total. The molecule has 1 rings (SSSR count). The van der Waals surface area contributed by atoms with E-state index in [0.717, 1.165) is 12.4 Å². The Balaban J connectivity index is 2.96. The first-order valence-electron chi connectivity index (χ1n) is 4.28. The third-order valence-corrected chi connectivity index (χ3v) is 1.65. The topological polar surface area (TPSA) is 50.7 Å². The van der Waals surface area contributed by atoms with Gasteiger partial charge < -0.3 is 5.32 Å². The van der Waals surface area contributed by atoms with Crippen LogP contribution in [0.5, 0.6) is 0 Å². The van der Waals surface area contributed by atoms with Gasteiger partial charge in [-0.1, -0.05) is 13.8 Å². The van der Waals surface area contributed by atoms with E-state index in [-0.39, 0.29) is 11.2 Å². The zero-order chi connectivity index (χ0) is 9.84. The van der Waals surface area contributed by atoms with Crippen LogP contribution in [0.2, 0.25) is 5.28 Å². The number of halogens is 1. The van der Waals surface area contributed by atoms with Crippen LogP contribution in [0.15, 0.2) is 0 Å². The highest BCUT2D eigenvalue weighted by atomic mass is 35.5. The Hall–Kier alpha value is -0.900. The van der Waals surface area contributed by atoms with Crippen LogP contribution in [-0.2, 0) is 0 Å². The van der Waals surface area contributed by atoms with E-state index in [0.29, 0.717) is 5.95 Å². The molecule has 0 aliphatic rings. The van der Waals surface area contributed by atoms with Gasteiger partial charge in [-0.05, 0) is 18.5 Å². The molecule has 1 N–H and O–H groups in total. The minimum absolute atomic E-state index is 0.245. The van der Waals surface area contributed by atoms with Crippen molar-refractivity contribution in [3.05, 3.63) is 11.1 Å². The predicted octanol–water partition coefficient (Wildman–Crippen LogP) is 2.08. The van der Waals surface area contributed by atoms with Gasteiger partial charge in [-0.25, -0.2) is 4.98 Å². The van der Waals surface area contributed by atoms with Crippen molar-refractivity contribution in [2.24, 2.45) is 0 Å². The van der Waals surface area contributed by atoms with Crippen molar-refractivity contribution < 1.29 is 0 Å². The molecule has 0 fully saturated rings. The van der Waals surface area contributed by atoms with Crippen LogP contribution < -0.4 is 5.32 Å². The van der Waals surface area contributed by atoms with Gasteiger partial charge in [0.15, 0.2) is 0 Å². The summed E-state index contributed by atoms with van der Waals surface area (Å²) in [6.45, 7) is 6.79. The van der Waals surface area contributed by atoms with Crippen molar-refractivity contribution in [3.63, 3.8) is 0 Å². The van der Waals surface area contributed by atoms with E-state index >= 15 is 0 Å². The zero-order valence-electron chi connectivity index (χ0n) is 8.00. The fourth-order valence-corrected chi connectivity index (χ4v) is 1.03. The van der Waals surface area contributed by atoms with Crippen LogP contribution in [0.4, 0.5) is 5.95 Å². The average Bonchev–Trinajstić information content (AvgIpc) is 2.03. The summed E-state index contributed by atoms with van der Waals surface area (Å²) in [5.74, 6) is 1.53. The van der Waals surface area contributed by atoms with E-state index in [1.165, 1.54) is 0 Å². The maximum absolute atomic E-state index is 5.73. The molecule has 0 bridgehead atoms. The molecule has 0 aliphatic carbocycles. The predicted molar refractivity (Wildman–Crippen MR) is 53.1 cm³/mol. The van der Waals surface area contributed by atoms with Crippen LogP contribution in [0.3, 0.4) is 0 Å². The third kappa shape index (κ3) is 2.81. The molecule has 0 radical (unpaired) electrons. The van der Waals surface area contributed by atoms with Crippen LogP contribution in [0, 0.1) is 0 Å². The molecule has 0 aromatic carbocycles. The van der Waals surface area contributed by atoms with Crippen LogP contribution in [0.1, 0.15) is 32.5 Å². The lowest BCUT2D eigenvalue weighted by Gasteiger charge is -2.06. The first kappa shape index (κ1) is 10.2. The van der Waals surface area contributed by atoms with Crippen molar-refractivity contribution >= 4 is 17.5 Å². The number of nitrogens with one attached hydrogen (secondary N) is 1. The second kappa shape index (κ2) is 4.37. The Morgan fingerprint density at radius 2 is 2.00 bits per heavy atom. The summed E-state index contributed by atoms with van der Waals surface area (Å²) in [6, 6.07) is 0. The van der Waals surface area contributed by atoms with Crippen molar-refractivity contribution in [3.8, 4) is 0 Å². The monoisotopic (exact) mass is 200 g/mol. The van der Waals surface area contributed by atoms with Gasteiger partial charge in [0.1, 0.15) is 5.82 Å². The minimum Gasteiger partial charge on any atom is -0.354 e. The quantitative estimate of drug-likeness (QED) is 0.812. The zero-order valence-corrected chi connectivity index (χ0v) is 8.76. The number of hydrogen-bond acceptors (Lipinski definition) is 4. The highest BCUT2D eigenvalue weighted by Gasteiger charge is 2.07. The summed E-state index contributed by atoms with van der Waals surface area (Å²) in [7, 11) is 0. The molecular formula is C8H13ClN4. The van der Waals surface area contributed by atoms with Gasteiger partial charge in [-0.2, -0.15) is 9.97 Å². The van der Waals surface area contributed by atoms with E-state index in [1.807, 2.05) is 20.8 Å². The Labute approximate surface area is 82.8 Å². The lowest BCUT2D eigenvalue weighted by molar-refractivity contribution is 0.761. The summed E-state index contributed by atoms with van der Waals surface area (Å²) < 4.78 is 0. The first-order valence-corrected chi connectivity index (χ1v) is 4.66. The molecule has 13 heavy (non-hydrogen) atoms. The van der Waals surface area contributed by atoms with E-state index in [1.54, 1.807) is 0 Å². The van der Waals surface area contributed by atoms with Crippen molar-refractivity contribution in [1.82, 2.24) is 15.0 Å². The first-order chi connectivity index (χ1) is 6.13. The van der Waals surface area contributed by atoms with E-state index in [2.05, 4.69) is 20.3 Å². The van der Waals surface area contributed by atoms with Gasteiger partial charge >= 0.3 is 0 Å². The SMILES string of the molecule is CCNc1nc(Cl)nc(C(C)C)n1. The van der Waals surface area contributed by atoms with Gasteiger partial charge in [0.05, 0.1) is 0 Å². The number of rotatable bonds is 3. The summed E-state index contributed by atoms with van der Waals surface area (Å²) in [6.07, 6.45) is 0. The molecule has 0 spiro atoms. The Morgan fingerprint density at radius 1 is 1.31 bits per heavy atom. The van der Waals surface area contributed by atoms with Crippen molar-refractivity contribution in [2.75, 3.05) is 11.9 Å². The van der Waals surface area contributed by atoms with Crippen molar-refractivity contribution in [1.29, 1.82) is 0 Å². The fourth-order valence-electron chi connectivity index (χ4n) is 0.861. The second-order valence-electron chi connectivity index (χ2n) is 2.97. The highest BCUT2D eigenvalue weighted by Crippen LogP contribution is 2.13. The van der Waals surface area contributed by atoms with Gasteiger partial charge in [0, 0.05) is 12.5 Å². The molecule has 1 aromatic heterocycles. The maximum Gasteiger partial charge on any atom is 0.227 e. The van der Waals surface area contributed by atoms with Crippen LogP contribution in [0.25, 0.3) is 0 Å². The smallest absolute Gasteiger partial charge is 0.227 e. The van der Waals surface area contributed by atoms with Crippen LogP contribution >= 0.6 is 11.6 Å². The lowest BCUT2D eigenvalue weighted by Crippen LogP contribution is -2.07. The van der Waals surface area contributed by atoms with Gasteiger partial charge in [0.25, 0.3) is 0 Å². The highest BCUT2D eigenvalue weighted by molar-refractivity contribution is 6.28. The third-order valence-electron chi connectivity index (χ3n) is 1.48. The number of aromatic nitrogens is 3. The molecule has 1 heterocycles. The summed E-state index contributed by atoms with van der Waals surface area (Å²) in [5.41, 5.74) is 0. The Morgan fingerprint density at radius 3 is 2.54 bits per heavy atom. The van der Waals surface area contributed by atoms with E-state index < -0.39 is 0 Å². The molecule has 0 aliphatic heterocycles. The standard InChI is InChI=1S/C8H13ClN4/c1-4-10-8-12-6(5(2)3)11-7(9)13-8/h5H,4H2,1-3H3,(H,10,11,12,13). The number of anilines is 1. The molecule has 0 unspecified atom stereocenters.